The molecule has 0 atom stereocenters. The number of anilines is 1. The van der Waals surface area contributed by atoms with Crippen molar-refractivity contribution in [1.29, 1.82) is 0 Å². The molecule has 18 heavy (non-hydrogen) atoms. The van der Waals surface area contributed by atoms with E-state index >= 15 is 0 Å². The molecule has 1 aromatic carbocycles. The number of fused-ring (bicyclic) bond motifs is 1. The van der Waals surface area contributed by atoms with Crippen molar-refractivity contribution in [2.75, 3.05) is 19.0 Å². The zero-order valence-corrected chi connectivity index (χ0v) is 10.5. The number of nitrogens with one attached hydrogen (secondary N) is 2. The second kappa shape index (κ2) is 4.72. The summed E-state index contributed by atoms with van der Waals surface area (Å²) in [7, 11) is 1.69. The number of ether oxygens (including phenoxy) is 1. The second-order valence-electron chi connectivity index (χ2n) is 4.54. The largest absolute Gasteiger partial charge is 0.497 e. The lowest BCUT2D eigenvalue weighted by atomic mass is 10.0. The summed E-state index contributed by atoms with van der Waals surface area (Å²) >= 11 is 0. The summed E-state index contributed by atoms with van der Waals surface area (Å²) in [4.78, 5) is 0. The first kappa shape index (κ1) is 11.1. The van der Waals surface area contributed by atoms with Gasteiger partial charge in [-0.15, -0.1) is 0 Å². The number of aromatic amines is 1. The maximum atomic E-state index is 5.27. The van der Waals surface area contributed by atoms with E-state index in [1.165, 1.54) is 18.4 Å². The topological polar surface area (TPSA) is 49.9 Å². The molecule has 0 spiro atoms. The summed E-state index contributed by atoms with van der Waals surface area (Å²) in [5, 5.41) is 10.9. The Kier molecular flexibility index (Phi) is 2.92. The Morgan fingerprint density at radius 2 is 2.22 bits per heavy atom. The van der Waals surface area contributed by atoms with Crippen LogP contribution < -0.4 is 10.1 Å². The minimum Gasteiger partial charge on any atom is -0.497 e. The molecule has 0 aliphatic carbocycles. The molecule has 2 N–H and O–H groups in total. The highest BCUT2D eigenvalue weighted by atomic mass is 16.5. The van der Waals surface area contributed by atoms with E-state index in [1.807, 2.05) is 18.2 Å². The van der Waals surface area contributed by atoms with Crippen molar-refractivity contribution in [3.8, 4) is 17.0 Å². The van der Waals surface area contributed by atoms with Gasteiger partial charge in [0.15, 0.2) is 5.82 Å². The summed E-state index contributed by atoms with van der Waals surface area (Å²) in [6.45, 7) is 1.01. The van der Waals surface area contributed by atoms with Crippen LogP contribution in [0, 0.1) is 0 Å². The van der Waals surface area contributed by atoms with Crippen LogP contribution in [0.3, 0.4) is 0 Å². The minimum atomic E-state index is 0.873. The highest BCUT2D eigenvalue weighted by molar-refractivity contribution is 5.70. The van der Waals surface area contributed by atoms with E-state index in [-0.39, 0.29) is 0 Å². The van der Waals surface area contributed by atoms with Crippen molar-refractivity contribution in [3.63, 3.8) is 0 Å². The molecular formula is C14H17N3O. The van der Waals surface area contributed by atoms with Crippen molar-refractivity contribution in [3.05, 3.63) is 29.8 Å². The van der Waals surface area contributed by atoms with E-state index < -0.39 is 0 Å². The molecule has 2 aromatic rings. The van der Waals surface area contributed by atoms with Crippen LogP contribution in [0.2, 0.25) is 0 Å². The number of hydrogen-bond donors (Lipinski definition) is 2. The lowest BCUT2D eigenvalue weighted by molar-refractivity contribution is 0.415. The fourth-order valence-corrected chi connectivity index (χ4v) is 2.41. The first-order chi connectivity index (χ1) is 8.88. The van der Waals surface area contributed by atoms with Crippen molar-refractivity contribution in [1.82, 2.24) is 10.2 Å². The summed E-state index contributed by atoms with van der Waals surface area (Å²) < 4.78 is 5.27. The highest BCUT2D eigenvalue weighted by Gasteiger charge is 2.16. The number of H-pyrrole nitrogens is 1. The Bertz CT molecular complexity index is 548. The first-order valence-corrected chi connectivity index (χ1v) is 6.34. The normalized spacial score (nSPS) is 14.5. The van der Waals surface area contributed by atoms with Crippen LogP contribution in [0.1, 0.15) is 18.4 Å². The molecule has 2 heterocycles. The molecule has 4 nitrogen and oxygen atoms in total. The molecular weight excluding hydrogens is 226 g/mol. The zero-order chi connectivity index (χ0) is 12.4. The molecule has 0 saturated carbocycles. The van der Waals surface area contributed by atoms with Crippen LogP contribution in [0.4, 0.5) is 5.82 Å². The SMILES string of the molecule is COc1cccc(-c2[nH]nc3c2CCCCN3)c1. The molecule has 0 unspecified atom stereocenters. The number of methoxy groups -OCH3 is 1. The Labute approximate surface area is 106 Å². The number of nitrogens with zero attached hydrogens (tertiary/aromatic N) is 1. The molecule has 1 aliphatic heterocycles. The molecule has 0 amide bonds. The lowest BCUT2D eigenvalue weighted by Crippen LogP contribution is -1.99. The van der Waals surface area contributed by atoms with E-state index in [0.717, 1.165) is 35.8 Å². The van der Waals surface area contributed by atoms with Gasteiger partial charge in [-0.05, 0) is 31.4 Å². The van der Waals surface area contributed by atoms with Crippen LogP contribution in [-0.2, 0) is 6.42 Å². The second-order valence-corrected chi connectivity index (χ2v) is 4.54. The summed E-state index contributed by atoms with van der Waals surface area (Å²) in [6, 6.07) is 8.09. The van der Waals surface area contributed by atoms with E-state index in [2.05, 4.69) is 21.6 Å². The third kappa shape index (κ3) is 1.94. The fraction of sp³-hybridized carbons (Fsp3) is 0.357. The predicted octanol–water partition coefficient (Wildman–Crippen LogP) is 2.83. The van der Waals surface area contributed by atoms with Gasteiger partial charge >= 0.3 is 0 Å². The van der Waals surface area contributed by atoms with Crippen LogP contribution >= 0.6 is 0 Å². The molecule has 0 radical (unpaired) electrons. The average molecular weight is 243 g/mol. The molecule has 4 heteroatoms. The van der Waals surface area contributed by atoms with E-state index in [1.54, 1.807) is 7.11 Å². The summed E-state index contributed by atoms with van der Waals surface area (Å²) in [5.74, 6) is 1.88. The lowest BCUT2D eigenvalue weighted by Gasteiger charge is -2.05. The first-order valence-electron chi connectivity index (χ1n) is 6.34. The number of hydrogen-bond acceptors (Lipinski definition) is 3. The number of aromatic nitrogens is 2. The quantitative estimate of drug-likeness (QED) is 0.852. The van der Waals surface area contributed by atoms with E-state index in [4.69, 9.17) is 4.74 Å². The van der Waals surface area contributed by atoms with Gasteiger partial charge in [-0.1, -0.05) is 12.1 Å². The molecule has 1 aromatic heterocycles. The van der Waals surface area contributed by atoms with Crippen LogP contribution in [0.25, 0.3) is 11.3 Å². The Morgan fingerprint density at radius 3 is 3.11 bits per heavy atom. The molecule has 94 valence electrons. The van der Waals surface area contributed by atoms with Gasteiger partial charge < -0.3 is 10.1 Å². The number of rotatable bonds is 2. The minimum absolute atomic E-state index is 0.873. The third-order valence-electron chi connectivity index (χ3n) is 3.37. The maximum Gasteiger partial charge on any atom is 0.151 e. The Balaban J connectivity index is 2.03. The van der Waals surface area contributed by atoms with Crippen LogP contribution in [-0.4, -0.2) is 23.9 Å². The smallest absolute Gasteiger partial charge is 0.151 e. The monoisotopic (exact) mass is 243 g/mol. The van der Waals surface area contributed by atoms with Gasteiger partial charge in [0.1, 0.15) is 5.75 Å². The molecule has 3 rings (SSSR count). The van der Waals surface area contributed by atoms with Crippen molar-refractivity contribution < 1.29 is 4.74 Å². The highest BCUT2D eigenvalue weighted by Crippen LogP contribution is 2.31. The van der Waals surface area contributed by atoms with Gasteiger partial charge in [0.25, 0.3) is 0 Å². The van der Waals surface area contributed by atoms with Crippen molar-refractivity contribution >= 4 is 5.82 Å². The third-order valence-corrected chi connectivity index (χ3v) is 3.37. The van der Waals surface area contributed by atoms with Gasteiger partial charge in [0.05, 0.1) is 12.8 Å². The summed E-state index contributed by atoms with van der Waals surface area (Å²) in [6.07, 6.45) is 3.48. The van der Waals surface area contributed by atoms with Gasteiger partial charge in [0.2, 0.25) is 0 Å². The molecule has 0 bridgehead atoms. The number of benzene rings is 1. The van der Waals surface area contributed by atoms with Crippen LogP contribution in [0.5, 0.6) is 5.75 Å². The van der Waals surface area contributed by atoms with Gasteiger partial charge in [-0.3, -0.25) is 5.10 Å². The molecule has 1 aliphatic rings. The van der Waals surface area contributed by atoms with Gasteiger partial charge in [-0.2, -0.15) is 5.10 Å². The Hall–Kier alpha value is -1.97. The van der Waals surface area contributed by atoms with Crippen LogP contribution in [0.15, 0.2) is 24.3 Å². The molecule has 0 saturated heterocycles. The van der Waals surface area contributed by atoms with Gasteiger partial charge in [-0.25, -0.2) is 0 Å². The van der Waals surface area contributed by atoms with E-state index in [9.17, 15) is 0 Å². The van der Waals surface area contributed by atoms with E-state index in [0.29, 0.717) is 0 Å². The van der Waals surface area contributed by atoms with Crippen molar-refractivity contribution in [2.45, 2.75) is 19.3 Å². The Morgan fingerprint density at radius 1 is 1.28 bits per heavy atom. The standard InChI is InChI=1S/C14H17N3O/c1-18-11-6-4-5-10(9-11)13-12-7-2-3-8-15-14(12)17-16-13/h4-6,9H,2-3,7-8H2,1H3,(H2,15,16,17). The predicted molar refractivity (Wildman–Crippen MR) is 72.0 cm³/mol. The van der Waals surface area contributed by atoms with Gasteiger partial charge in [0, 0.05) is 17.7 Å². The zero-order valence-electron chi connectivity index (χ0n) is 10.5. The summed E-state index contributed by atoms with van der Waals surface area (Å²) in [5.41, 5.74) is 3.53. The maximum absolute atomic E-state index is 5.27. The molecule has 0 fully saturated rings. The average Bonchev–Trinajstić information content (AvgIpc) is 2.68. The van der Waals surface area contributed by atoms with Crippen molar-refractivity contribution in [2.24, 2.45) is 0 Å². The fourth-order valence-electron chi connectivity index (χ4n) is 2.41.